The van der Waals surface area contributed by atoms with Crippen molar-refractivity contribution < 1.29 is 19.4 Å². The molecule has 0 saturated carbocycles. The van der Waals surface area contributed by atoms with Gasteiger partial charge < -0.3 is 14.6 Å². The van der Waals surface area contributed by atoms with Crippen molar-refractivity contribution >= 4 is 5.97 Å². The number of allylic oxidation sites excluding steroid dienone is 2. The Balaban J connectivity index is 5.04. The molecular weight excluding hydrogens is 224 g/mol. The first-order chi connectivity index (χ1) is 8.10. The summed E-state index contributed by atoms with van der Waals surface area (Å²) in [6, 6.07) is 0. The van der Waals surface area contributed by atoms with E-state index >= 15 is 0 Å². The predicted molar refractivity (Wildman–Crippen MR) is 61.4 cm³/mol. The summed E-state index contributed by atoms with van der Waals surface area (Å²) in [5.74, 6) is -0.922. The molecule has 0 atom stereocenters. The molecule has 0 aliphatic carbocycles. The molecule has 0 aliphatic rings. The van der Waals surface area contributed by atoms with Gasteiger partial charge in [-0.3, -0.25) is 0 Å². The number of esters is 1. The minimum absolute atomic E-state index is 0.493. The summed E-state index contributed by atoms with van der Waals surface area (Å²) in [5.41, 5.74) is -0.557. The lowest BCUT2D eigenvalue weighted by atomic mass is 10.2. The Labute approximate surface area is 100 Å². The summed E-state index contributed by atoms with van der Waals surface area (Å²) in [5, 5.41) is 18.2. The number of carbonyl (C=O) groups is 1. The molecule has 6 heteroatoms. The number of ether oxygens (including phenoxy) is 2. The van der Waals surface area contributed by atoms with Crippen LogP contribution in [0.25, 0.3) is 4.98 Å². The first-order valence-electron chi connectivity index (χ1n) is 5.21. The summed E-state index contributed by atoms with van der Waals surface area (Å²) in [6.45, 7) is 2.02. The lowest BCUT2D eigenvalue weighted by molar-refractivity contribution is -0.135. The number of hydrogen-bond acceptors (Lipinski definition) is 5. The van der Waals surface area contributed by atoms with Gasteiger partial charge in [-0.1, -0.05) is 13.3 Å². The molecular formula is C11H17N2O4+. The van der Waals surface area contributed by atoms with E-state index in [1.165, 1.54) is 13.2 Å². The molecule has 6 nitrogen and oxygen atoms in total. The van der Waals surface area contributed by atoms with Crippen LogP contribution in [0.4, 0.5) is 0 Å². The maximum Gasteiger partial charge on any atom is 0.509 e. The number of nitrogens with zero attached hydrogens (tertiary/aromatic N) is 2. The number of hydrogen-bond donors (Lipinski definition) is 1. The number of methoxy groups -OCH3 is 2. The van der Waals surface area contributed by atoms with Crippen molar-refractivity contribution in [3.8, 4) is 0 Å². The van der Waals surface area contributed by atoms with Gasteiger partial charge in [-0.2, -0.15) is 0 Å². The molecule has 0 heterocycles. The van der Waals surface area contributed by atoms with Gasteiger partial charge in [-0.25, -0.2) is 4.79 Å². The fourth-order valence-corrected chi connectivity index (χ4v) is 1.10. The molecule has 0 saturated heterocycles. The molecule has 0 spiro atoms. The van der Waals surface area contributed by atoms with Crippen molar-refractivity contribution in [2.45, 2.75) is 26.2 Å². The van der Waals surface area contributed by atoms with Crippen LogP contribution in [-0.2, 0) is 14.3 Å². The van der Waals surface area contributed by atoms with Gasteiger partial charge in [0.15, 0.2) is 4.98 Å². The Morgan fingerprint density at radius 3 is 2.47 bits per heavy atom. The largest absolute Gasteiger partial charge is 0.509 e. The number of aliphatic hydroxyl groups excluding tert-OH is 1. The predicted octanol–water partition coefficient (Wildman–Crippen LogP) is 2.50. The van der Waals surface area contributed by atoms with E-state index in [1.54, 1.807) is 0 Å². The van der Waals surface area contributed by atoms with Crippen molar-refractivity contribution in [1.29, 1.82) is 5.39 Å². The molecule has 0 aliphatic heterocycles. The lowest BCUT2D eigenvalue weighted by Crippen LogP contribution is -2.04. The van der Waals surface area contributed by atoms with Crippen molar-refractivity contribution in [3.05, 3.63) is 28.3 Å². The van der Waals surface area contributed by atoms with Crippen LogP contribution >= 0.6 is 0 Å². The molecule has 0 unspecified atom stereocenters. The number of rotatable bonds is 6. The fourth-order valence-electron chi connectivity index (χ4n) is 1.10. The van der Waals surface area contributed by atoms with Gasteiger partial charge >= 0.3 is 11.7 Å². The Bertz CT molecular complexity index is 366. The second-order valence-electron chi connectivity index (χ2n) is 3.24. The van der Waals surface area contributed by atoms with Crippen LogP contribution in [-0.4, -0.2) is 25.3 Å². The van der Waals surface area contributed by atoms with E-state index < -0.39 is 17.4 Å². The van der Waals surface area contributed by atoms with Gasteiger partial charge in [0.05, 0.1) is 20.0 Å². The zero-order chi connectivity index (χ0) is 13.3. The second kappa shape index (κ2) is 8.16. The minimum Gasteiger partial charge on any atom is -0.501 e. The molecule has 0 aromatic rings. The zero-order valence-corrected chi connectivity index (χ0v) is 10.3. The Morgan fingerprint density at radius 1 is 1.41 bits per heavy atom. The Morgan fingerprint density at radius 2 is 2.06 bits per heavy atom. The number of aliphatic hydroxyl groups is 1. The fraction of sp³-hybridized carbons (Fsp3) is 0.545. The Kier molecular flexibility index (Phi) is 7.19. The smallest absolute Gasteiger partial charge is 0.501 e. The molecule has 17 heavy (non-hydrogen) atoms. The highest BCUT2D eigenvalue weighted by Gasteiger charge is 2.29. The quantitative estimate of drug-likeness (QED) is 0.254. The molecule has 0 bridgehead atoms. The number of unbranched alkanes of at least 4 members (excludes halogenated alkanes) is 1. The van der Waals surface area contributed by atoms with Crippen molar-refractivity contribution in [2.24, 2.45) is 0 Å². The van der Waals surface area contributed by atoms with Crippen LogP contribution in [0.3, 0.4) is 0 Å². The summed E-state index contributed by atoms with van der Waals surface area (Å²) in [7, 11) is 2.58. The molecule has 1 N–H and O–H groups in total. The molecule has 0 rings (SSSR count). The van der Waals surface area contributed by atoms with Crippen molar-refractivity contribution in [3.63, 3.8) is 0 Å². The van der Waals surface area contributed by atoms with E-state index in [4.69, 9.17) is 10.1 Å². The third-order valence-corrected chi connectivity index (χ3v) is 2.06. The number of diazo groups is 1. The van der Waals surface area contributed by atoms with Gasteiger partial charge in [0.2, 0.25) is 11.2 Å². The SMILES string of the molecule is CCCC/C(=C\C(O)=C([N+]#N)C(=O)OC)OC. The van der Waals surface area contributed by atoms with E-state index in [0.717, 1.165) is 20.0 Å². The Hall–Kier alpha value is -2.03. The monoisotopic (exact) mass is 241 g/mol. The van der Waals surface area contributed by atoms with Crippen LogP contribution < -0.4 is 0 Å². The second-order valence-corrected chi connectivity index (χ2v) is 3.24. The van der Waals surface area contributed by atoms with E-state index in [1.807, 2.05) is 6.92 Å². The molecule has 0 aromatic heterocycles. The third-order valence-electron chi connectivity index (χ3n) is 2.06. The third kappa shape index (κ3) is 5.02. The van der Waals surface area contributed by atoms with Crippen LogP contribution in [0.2, 0.25) is 0 Å². The standard InChI is InChI=1S/C11H16N2O4/c1-4-5-6-8(16-2)7-9(14)10(13-12)11(15)17-3/h7H,4-6H2,1-3H3/p+1/b8-7+. The van der Waals surface area contributed by atoms with E-state index in [0.29, 0.717) is 12.2 Å². The first-order valence-corrected chi connectivity index (χ1v) is 5.21. The summed E-state index contributed by atoms with van der Waals surface area (Å²) >= 11 is 0. The topological polar surface area (TPSA) is 83.9 Å². The lowest BCUT2D eigenvalue weighted by Gasteiger charge is -2.03. The molecule has 94 valence electrons. The average molecular weight is 241 g/mol. The first kappa shape index (κ1) is 15.0. The molecule has 0 amide bonds. The maximum absolute atomic E-state index is 11.1. The average Bonchev–Trinajstić information content (AvgIpc) is 2.34. The summed E-state index contributed by atoms with van der Waals surface area (Å²) in [4.78, 5) is 13.8. The summed E-state index contributed by atoms with van der Waals surface area (Å²) in [6.07, 6.45) is 3.72. The highest BCUT2D eigenvalue weighted by molar-refractivity contribution is 5.91. The van der Waals surface area contributed by atoms with E-state index in [9.17, 15) is 9.90 Å². The summed E-state index contributed by atoms with van der Waals surface area (Å²) < 4.78 is 9.36. The van der Waals surface area contributed by atoms with E-state index in [-0.39, 0.29) is 0 Å². The molecule has 0 fully saturated rings. The van der Waals surface area contributed by atoms with Gasteiger partial charge in [0.1, 0.15) is 0 Å². The maximum atomic E-state index is 11.1. The van der Waals surface area contributed by atoms with Gasteiger partial charge in [-0.15, -0.1) is 0 Å². The van der Waals surface area contributed by atoms with E-state index in [2.05, 4.69) is 9.71 Å². The van der Waals surface area contributed by atoms with Gasteiger partial charge in [0.25, 0.3) is 0 Å². The van der Waals surface area contributed by atoms with Crippen LogP contribution in [0.5, 0.6) is 0 Å². The van der Waals surface area contributed by atoms with Crippen LogP contribution in [0.1, 0.15) is 26.2 Å². The normalized spacial score (nSPS) is 12.5. The molecule has 0 aromatic carbocycles. The van der Waals surface area contributed by atoms with Crippen LogP contribution in [0, 0.1) is 5.39 Å². The van der Waals surface area contributed by atoms with Crippen molar-refractivity contribution in [1.82, 2.24) is 0 Å². The molecule has 0 radical (unpaired) electrons. The van der Waals surface area contributed by atoms with Gasteiger partial charge in [0, 0.05) is 12.5 Å². The highest BCUT2D eigenvalue weighted by atomic mass is 16.5. The number of carbonyl (C=O) groups excluding carboxylic acids is 1. The highest BCUT2D eigenvalue weighted by Crippen LogP contribution is 2.14. The van der Waals surface area contributed by atoms with Crippen LogP contribution in [0.15, 0.2) is 23.3 Å². The zero-order valence-electron chi connectivity index (χ0n) is 10.3. The van der Waals surface area contributed by atoms with Crippen molar-refractivity contribution in [2.75, 3.05) is 14.2 Å². The van der Waals surface area contributed by atoms with Gasteiger partial charge in [-0.05, 0) is 6.42 Å². The minimum atomic E-state index is -0.924.